The van der Waals surface area contributed by atoms with Crippen molar-refractivity contribution in [2.75, 3.05) is 10.2 Å². The first-order chi connectivity index (χ1) is 14.9. The Hall–Kier alpha value is -3.19. The highest BCUT2D eigenvalue weighted by Gasteiger charge is 2.41. The van der Waals surface area contributed by atoms with E-state index < -0.39 is 0 Å². The Morgan fingerprint density at radius 1 is 1.19 bits per heavy atom. The number of aryl methyl sites for hydroxylation is 2. The zero-order chi connectivity index (χ0) is 22.1. The van der Waals surface area contributed by atoms with Gasteiger partial charge in [0.1, 0.15) is 6.04 Å². The average Bonchev–Trinajstić information content (AvgIpc) is 3.32. The van der Waals surface area contributed by atoms with Crippen molar-refractivity contribution in [2.24, 2.45) is 13.0 Å². The monoisotopic (exact) mass is 433 g/mol. The molecule has 0 spiro atoms. The van der Waals surface area contributed by atoms with Crippen LogP contribution in [0, 0.1) is 12.8 Å². The molecule has 1 aromatic carbocycles. The number of rotatable bonds is 5. The average molecular weight is 434 g/mol. The Bertz CT molecular complexity index is 1110. The molecule has 1 amide bonds. The maximum atomic E-state index is 12.1. The molecule has 31 heavy (non-hydrogen) atoms. The van der Waals surface area contributed by atoms with E-state index in [4.69, 9.17) is 12.2 Å². The van der Waals surface area contributed by atoms with Crippen LogP contribution < -0.4 is 15.5 Å². The predicted octanol–water partition coefficient (Wildman–Crippen LogP) is 4.50. The van der Waals surface area contributed by atoms with Gasteiger partial charge in [-0.05, 0) is 67.2 Å². The summed E-state index contributed by atoms with van der Waals surface area (Å²) in [7, 11) is 2.04. The first-order valence-corrected chi connectivity index (χ1v) is 10.8. The summed E-state index contributed by atoms with van der Waals surface area (Å²) in [6.45, 7) is 5.77. The van der Waals surface area contributed by atoms with Crippen molar-refractivity contribution < 1.29 is 4.79 Å². The van der Waals surface area contributed by atoms with Crippen LogP contribution in [0.25, 0.3) is 0 Å². The number of thiocarbonyl (C=S) groups is 1. The molecule has 0 saturated carbocycles. The Morgan fingerprint density at radius 3 is 2.61 bits per heavy atom. The van der Waals surface area contributed by atoms with Crippen LogP contribution >= 0.6 is 12.2 Å². The normalized spacial score (nSPS) is 18.4. The number of amides is 1. The van der Waals surface area contributed by atoms with Gasteiger partial charge in [0.25, 0.3) is 0 Å². The van der Waals surface area contributed by atoms with Gasteiger partial charge < -0.3 is 20.1 Å². The minimum Gasteiger partial charge on any atom is -0.353 e. The molecule has 160 valence electrons. The van der Waals surface area contributed by atoms with E-state index in [1.54, 1.807) is 6.20 Å². The molecular weight excluding hydrogens is 406 g/mol. The van der Waals surface area contributed by atoms with Gasteiger partial charge in [-0.2, -0.15) is 0 Å². The minimum atomic E-state index is -0.0806. The predicted molar refractivity (Wildman–Crippen MR) is 128 cm³/mol. The summed E-state index contributed by atoms with van der Waals surface area (Å²) < 4.78 is 2.12. The van der Waals surface area contributed by atoms with Gasteiger partial charge in [0.05, 0.1) is 11.7 Å². The summed E-state index contributed by atoms with van der Waals surface area (Å²) in [5.74, 6) is -0.0681. The van der Waals surface area contributed by atoms with E-state index in [9.17, 15) is 4.79 Å². The number of nitrogens with zero attached hydrogens (tertiary/aromatic N) is 3. The Labute approximate surface area is 188 Å². The van der Waals surface area contributed by atoms with Crippen LogP contribution in [0.4, 0.5) is 11.4 Å². The number of benzene rings is 1. The lowest BCUT2D eigenvalue weighted by Gasteiger charge is -2.29. The number of hydrogen-bond donors (Lipinski definition) is 2. The van der Waals surface area contributed by atoms with E-state index >= 15 is 0 Å². The second kappa shape index (κ2) is 8.51. The Kier molecular flexibility index (Phi) is 5.78. The topological polar surface area (TPSA) is 62.2 Å². The number of anilines is 2. The third kappa shape index (κ3) is 4.05. The molecule has 1 fully saturated rings. The zero-order valence-corrected chi connectivity index (χ0v) is 19.0. The fourth-order valence-electron chi connectivity index (χ4n) is 3.93. The van der Waals surface area contributed by atoms with Crippen LogP contribution in [-0.2, 0) is 11.8 Å². The van der Waals surface area contributed by atoms with Gasteiger partial charge in [0, 0.05) is 42.4 Å². The lowest BCUT2D eigenvalue weighted by Crippen LogP contribution is -2.30. The highest BCUT2D eigenvalue weighted by molar-refractivity contribution is 7.80. The quantitative estimate of drug-likeness (QED) is 0.580. The number of hydrogen-bond acceptors (Lipinski definition) is 3. The third-order valence-corrected chi connectivity index (χ3v) is 5.97. The van der Waals surface area contributed by atoms with E-state index in [0.717, 1.165) is 28.3 Å². The van der Waals surface area contributed by atoms with Crippen molar-refractivity contribution in [2.45, 2.75) is 32.9 Å². The summed E-state index contributed by atoms with van der Waals surface area (Å²) in [5, 5.41) is 7.13. The second-order valence-corrected chi connectivity index (χ2v) is 8.57. The van der Waals surface area contributed by atoms with E-state index in [2.05, 4.69) is 37.2 Å². The van der Waals surface area contributed by atoms with E-state index in [-0.39, 0.29) is 23.9 Å². The van der Waals surface area contributed by atoms with Crippen LogP contribution in [-0.4, -0.2) is 20.6 Å². The highest BCUT2D eigenvalue weighted by Crippen LogP contribution is 2.42. The van der Waals surface area contributed by atoms with Crippen molar-refractivity contribution in [1.29, 1.82) is 0 Å². The Balaban J connectivity index is 1.74. The van der Waals surface area contributed by atoms with Crippen LogP contribution in [0.2, 0.25) is 0 Å². The number of carbonyl (C=O) groups excluding carboxylic acids is 1. The molecule has 4 rings (SSSR count). The number of pyridine rings is 1. The van der Waals surface area contributed by atoms with Crippen molar-refractivity contribution in [3.63, 3.8) is 0 Å². The fourth-order valence-corrected chi connectivity index (χ4v) is 4.28. The molecular formula is C24H27N5OS. The molecule has 1 saturated heterocycles. The van der Waals surface area contributed by atoms with E-state index in [1.807, 2.05) is 70.4 Å². The molecule has 0 unspecified atom stereocenters. The van der Waals surface area contributed by atoms with Crippen molar-refractivity contribution in [3.8, 4) is 0 Å². The molecule has 6 nitrogen and oxygen atoms in total. The molecule has 2 N–H and O–H groups in total. The third-order valence-electron chi connectivity index (χ3n) is 5.66. The molecule has 7 heteroatoms. The minimum absolute atomic E-state index is 0.00566. The smallest absolute Gasteiger partial charge is 0.226 e. The van der Waals surface area contributed by atoms with Gasteiger partial charge >= 0.3 is 0 Å². The Morgan fingerprint density at radius 2 is 2.00 bits per heavy atom. The summed E-state index contributed by atoms with van der Waals surface area (Å²) in [5.41, 5.74) is 4.86. The van der Waals surface area contributed by atoms with Crippen LogP contribution in [0.5, 0.6) is 0 Å². The maximum Gasteiger partial charge on any atom is 0.226 e. The molecule has 1 aliphatic rings. The number of aromatic nitrogens is 2. The summed E-state index contributed by atoms with van der Waals surface area (Å²) in [4.78, 5) is 18.9. The first-order valence-electron chi connectivity index (χ1n) is 10.4. The maximum absolute atomic E-state index is 12.1. The summed E-state index contributed by atoms with van der Waals surface area (Å²) >= 11 is 5.78. The zero-order valence-electron chi connectivity index (χ0n) is 18.2. The van der Waals surface area contributed by atoms with E-state index in [0.29, 0.717) is 5.11 Å². The fraction of sp³-hybridized carbons (Fsp3) is 0.292. The molecule has 1 aliphatic heterocycles. The standard InChI is InChI=1S/C24H27N5OS/c1-15(2)23(30)26-18-11-10-17(14-16(18)3)29-22(20-9-7-13-28(20)4)21(27-24(29)31)19-8-5-6-12-25-19/h5-15,21-22H,1-4H3,(H,26,30)(H,27,31)/t21-,22-/m1/s1. The van der Waals surface area contributed by atoms with Crippen LogP contribution in [0.15, 0.2) is 60.9 Å². The van der Waals surface area contributed by atoms with Gasteiger partial charge in [-0.25, -0.2) is 0 Å². The van der Waals surface area contributed by atoms with Crippen molar-refractivity contribution in [1.82, 2.24) is 14.9 Å². The van der Waals surface area contributed by atoms with Crippen LogP contribution in [0.3, 0.4) is 0 Å². The molecule has 3 heterocycles. The molecule has 0 bridgehead atoms. The molecule has 0 aliphatic carbocycles. The van der Waals surface area contributed by atoms with Gasteiger partial charge in [0.15, 0.2) is 5.11 Å². The molecule has 2 atom stereocenters. The lowest BCUT2D eigenvalue weighted by atomic mass is 10.0. The van der Waals surface area contributed by atoms with Crippen molar-refractivity contribution in [3.05, 3.63) is 77.9 Å². The first kappa shape index (κ1) is 21.1. The molecule has 2 aromatic heterocycles. The van der Waals surface area contributed by atoms with Gasteiger partial charge in [-0.15, -0.1) is 0 Å². The number of carbonyl (C=O) groups is 1. The second-order valence-electron chi connectivity index (χ2n) is 8.18. The number of nitrogens with one attached hydrogen (secondary N) is 2. The van der Waals surface area contributed by atoms with Gasteiger partial charge in [-0.1, -0.05) is 19.9 Å². The summed E-state index contributed by atoms with van der Waals surface area (Å²) in [6.07, 6.45) is 3.85. The largest absolute Gasteiger partial charge is 0.353 e. The van der Waals surface area contributed by atoms with Gasteiger partial charge in [0.2, 0.25) is 5.91 Å². The van der Waals surface area contributed by atoms with Crippen LogP contribution in [0.1, 0.15) is 42.9 Å². The van der Waals surface area contributed by atoms with E-state index in [1.165, 1.54) is 0 Å². The molecule has 3 aromatic rings. The molecule has 0 radical (unpaired) electrons. The highest BCUT2D eigenvalue weighted by atomic mass is 32.1. The van der Waals surface area contributed by atoms with Crippen molar-refractivity contribution >= 4 is 34.6 Å². The lowest BCUT2D eigenvalue weighted by molar-refractivity contribution is -0.118. The summed E-state index contributed by atoms with van der Waals surface area (Å²) in [6, 6.07) is 16.0. The SMILES string of the molecule is Cc1cc(N2C(=S)N[C@H](c3ccccn3)[C@H]2c2cccn2C)ccc1NC(=O)C(C)C. The van der Waals surface area contributed by atoms with Gasteiger partial charge in [-0.3, -0.25) is 9.78 Å².